The van der Waals surface area contributed by atoms with Crippen LogP contribution in [-0.4, -0.2) is 23.3 Å². The Balaban J connectivity index is 1.72. The minimum absolute atomic E-state index is 0.199. The minimum Gasteiger partial charge on any atom is -0.494 e. The Bertz CT molecular complexity index is 1200. The van der Waals surface area contributed by atoms with Gasteiger partial charge in [0.25, 0.3) is 11.8 Å². The van der Waals surface area contributed by atoms with Crippen molar-refractivity contribution in [3.8, 4) is 5.75 Å². The third kappa shape index (κ3) is 4.94. The molecule has 0 fully saturated rings. The third-order valence-electron chi connectivity index (χ3n) is 5.42. The Morgan fingerprint density at radius 3 is 2.33 bits per heavy atom. The molecule has 0 aliphatic carbocycles. The lowest BCUT2D eigenvalue weighted by Crippen LogP contribution is -2.32. The summed E-state index contributed by atoms with van der Waals surface area (Å²) in [5.41, 5.74) is 3.72. The van der Waals surface area contributed by atoms with Gasteiger partial charge in [-0.3, -0.25) is 14.5 Å². The minimum atomic E-state index is -0.362. The number of benzene rings is 3. The quantitative estimate of drug-likeness (QED) is 0.430. The summed E-state index contributed by atoms with van der Waals surface area (Å²) in [6.07, 6.45) is 0.906. The summed E-state index contributed by atoms with van der Waals surface area (Å²) in [6, 6.07) is 22.1. The summed E-state index contributed by atoms with van der Waals surface area (Å²) >= 11 is 6.09. The van der Waals surface area contributed by atoms with Crippen molar-refractivity contribution >= 4 is 34.7 Å². The van der Waals surface area contributed by atoms with Gasteiger partial charge >= 0.3 is 0 Å². The zero-order valence-corrected chi connectivity index (χ0v) is 19.4. The van der Waals surface area contributed by atoms with E-state index in [4.69, 9.17) is 16.3 Å². The molecule has 1 N–H and O–H groups in total. The monoisotopic (exact) mass is 460 g/mol. The van der Waals surface area contributed by atoms with E-state index in [1.54, 1.807) is 6.07 Å². The van der Waals surface area contributed by atoms with Gasteiger partial charge in [0.1, 0.15) is 11.4 Å². The summed E-state index contributed by atoms with van der Waals surface area (Å²) in [5.74, 6) is 0.0295. The number of hydrogen-bond acceptors (Lipinski definition) is 4. The molecule has 4 rings (SSSR count). The van der Waals surface area contributed by atoms with Crippen molar-refractivity contribution in [2.24, 2.45) is 0 Å². The van der Waals surface area contributed by atoms with E-state index in [9.17, 15) is 9.59 Å². The van der Waals surface area contributed by atoms with E-state index in [0.717, 1.165) is 29.0 Å². The molecule has 0 saturated heterocycles. The van der Waals surface area contributed by atoms with Gasteiger partial charge in [0.05, 0.1) is 18.7 Å². The van der Waals surface area contributed by atoms with Crippen LogP contribution in [0.4, 0.5) is 5.69 Å². The molecule has 5 nitrogen and oxygen atoms in total. The predicted octanol–water partition coefficient (Wildman–Crippen LogP) is 5.83. The largest absolute Gasteiger partial charge is 0.494 e. The first-order valence-electron chi connectivity index (χ1n) is 10.9. The van der Waals surface area contributed by atoms with Crippen molar-refractivity contribution in [1.82, 2.24) is 4.90 Å². The number of ether oxygens (including phenoxy) is 1. The number of hydrogen-bond donors (Lipinski definition) is 1. The molecular formula is C27H25ClN2O3. The van der Waals surface area contributed by atoms with Crippen LogP contribution in [0.3, 0.4) is 0 Å². The fraction of sp³-hybridized carbons (Fsp3) is 0.185. The lowest BCUT2D eigenvalue weighted by Gasteiger charge is -2.16. The van der Waals surface area contributed by atoms with Crippen LogP contribution >= 0.6 is 11.6 Å². The van der Waals surface area contributed by atoms with Gasteiger partial charge in [-0.05, 0) is 60.4 Å². The number of carbonyl (C=O) groups excluding carboxylic acids is 2. The van der Waals surface area contributed by atoms with Crippen molar-refractivity contribution in [3.05, 3.63) is 100 Å². The number of carbonyl (C=O) groups is 2. The van der Waals surface area contributed by atoms with E-state index >= 15 is 0 Å². The topological polar surface area (TPSA) is 58.6 Å². The maximum atomic E-state index is 13.5. The summed E-state index contributed by atoms with van der Waals surface area (Å²) < 4.78 is 5.66. The lowest BCUT2D eigenvalue weighted by atomic mass is 10.0. The average Bonchev–Trinajstić information content (AvgIpc) is 3.04. The molecule has 2 amide bonds. The highest BCUT2D eigenvalue weighted by Crippen LogP contribution is 2.33. The first-order valence-corrected chi connectivity index (χ1v) is 11.3. The van der Waals surface area contributed by atoms with Crippen LogP contribution in [0.15, 0.2) is 78.5 Å². The number of imide groups is 1. The van der Waals surface area contributed by atoms with Gasteiger partial charge in [0, 0.05) is 10.7 Å². The second-order valence-corrected chi connectivity index (χ2v) is 8.33. The van der Waals surface area contributed by atoms with E-state index in [1.165, 1.54) is 4.90 Å². The highest BCUT2D eigenvalue weighted by atomic mass is 35.5. The summed E-state index contributed by atoms with van der Waals surface area (Å²) in [4.78, 5) is 28.2. The van der Waals surface area contributed by atoms with Gasteiger partial charge in [-0.2, -0.15) is 0 Å². The van der Waals surface area contributed by atoms with Crippen molar-refractivity contribution in [2.75, 3.05) is 11.9 Å². The SMILES string of the molecule is CCCOc1ccc(C2=C(Nc3ccc(Cl)cc3C)C(=O)N(Cc3ccccc3)C2=O)cc1. The van der Waals surface area contributed by atoms with Crippen LogP contribution < -0.4 is 10.1 Å². The van der Waals surface area contributed by atoms with Gasteiger partial charge in [0.15, 0.2) is 0 Å². The molecule has 0 spiro atoms. The zero-order chi connectivity index (χ0) is 23.4. The second-order valence-electron chi connectivity index (χ2n) is 7.89. The molecule has 33 heavy (non-hydrogen) atoms. The second kappa shape index (κ2) is 9.92. The van der Waals surface area contributed by atoms with Crippen LogP contribution in [0.2, 0.25) is 5.02 Å². The number of nitrogens with one attached hydrogen (secondary N) is 1. The van der Waals surface area contributed by atoms with Crippen LogP contribution in [0.5, 0.6) is 5.75 Å². The molecule has 3 aromatic carbocycles. The maximum Gasteiger partial charge on any atom is 0.278 e. The first kappa shape index (κ1) is 22.6. The predicted molar refractivity (Wildman–Crippen MR) is 131 cm³/mol. The number of aryl methyl sites for hydroxylation is 1. The van der Waals surface area contributed by atoms with Gasteiger partial charge in [-0.25, -0.2) is 0 Å². The number of amides is 2. The zero-order valence-electron chi connectivity index (χ0n) is 18.6. The molecule has 1 aliphatic rings. The van der Waals surface area contributed by atoms with Crippen LogP contribution in [0.25, 0.3) is 5.57 Å². The van der Waals surface area contributed by atoms with E-state index in [2.05, 4.69) is 5.32 Å². The molecule has 0 unspecified atom stereocenters. The van der Waals surface area contributed by atoms with E-state index in [0.29, 0.717) is 22.8 Å². The molecule has 1 heterocycles. The molecule has 0 bridgehead atoms. The fourth-order valence-corrected chi connectivity index (χ4v) is 3.94. The first-order chi connectivity index (χ1) is 16.0. The molecular weight excluding hydrogens is 436 g/mol. The van der Waals surface area contributed by atoms with Crippen molar-refractivity contribution in [2.45, 2.75) is 26.8 Å². The van der Waals surface area contributed by atoms with Crippen LogP contribution in [0.1, 0.15) is 30.0 Å². The normalized spacial score (nSPS) is 13.6. The molecule has 6 heteroatoms. The number of rotatable bonds is 8. The number of anilines is 1. The lowest BCUT2D eigenvalue weighted by molar-refractivity contribution is -0.137. The third-order valence-corrected chi connectivity index (χ3v) is 5.65. The Morgan fingerprint density at radius 1 is 0.939 bits per heavy atom. The summed E-state index contributed by atoms with van der Waals surface area (Å²) in [5, 5.41) is 3.81. The standard InChI is InChI=1S/C27H25ClN2O3/c1-3-15-33-22-12-9-20(10-13-22)24-25(29-23-14-11-21(28)16-18(23)2)27(32)30(26(24)31)17-19-7-5-4-6-8-19/h4-14,16,29H,3,15,17H2,1-2H3. The van der Waals surface area contributed by atoms with E-state index in [-0.39, 0.29) is 24.1 Å². The smallest absolute Gasteiger partial charge is 0.278 e. The molecule has 0 saturated carbocycles. The molecule has 0 radical (unpaired) electrons. The maximum absolute atomic E-state index is 13.5. The van der Waals surface area contributed by atoms with Gasteiger partial charge < -0.3 is 10.1 Å². The Morgan fingerprint density at radius 2 is 1.67 bits per heavy atom. The molecule has 1 aliphatic heterocycles. The highest BCUT2D eigenvalue weighted by molar-refractivity contribution is 6.36. The van der Waals surface area contributed by atoms with Crippen LogP contribution in [0, 0.1) is 6.92 Å². The number of halogens is 1. The van der Waals surface area contributed by atoms with E-state index in [1.807, 2.05) is 80.6 Å². The Kier molecular flexibility index (Phi) is 6.80. The Hall–Kier alpha value is -3.57. The van der Waals surface area contributed by atoms with Crippen LogP contribution in [-0.2, 0) is 16.1 Å². The number of nitrogens with zero attached hydrogens (tertiary/aromatic N) is 1. The van der Waals surface area contributed by atoms with Gasteiger partial charge in [0.2, 0.25) is 0 Å². The fourth-order valence-electron chi connectivity index (χ4n) is 3.71. The van der Waals surface area contributed by atoms with Gasteiger partial charge in [-0.1, -0.05) is 61.0 Å². The molecule has 3 aromatic rings. The van der Waals surface area contributed by atoms with Gasteiger partial charge in [-0.15, -0.1) is 0 Å². The van der Waals surface area contributed by atoms with Crippen molar-refractivity contribution in [3.63, 3.8) is 0 Å². The van der Waals surface area contributed by atoms with Crippen molar-refractivity contribution in [1.29, 1.82) is 0 Å². The summed E-state index contributed by atoms with van der Waals surface area (Å²) in [6.45, 7) is 4.76. The molecule has 168 valence electrons. The molecule has 0 aromatic heterocycles. The highest BCUT2D eigenvalue weighted by Gasteiger charge is 2.39. The summed E-state index contributed by atoms with van der Waals surface area (Å²) in [7, 11) is 0. The Labute approximate surface area is 198 Å². The van der Waals surface area contributed by atoms with E-state index < -0.39 is 0 Å². The average molecular weight is 461 g/mol. The van der Waals surface area contributed by atoms with Crippen molar-refractivity contribution < 1.29 is 14.3 Å². The molecule has 0 atom stereocenters.